The van der Waals surface area contributed by atoms with Crippen molar-refractivity contribution in [1.29, 1.82) is 0 Å². The first kappa shape index (κ1) is 11.4. The Kier molecular flexibility index (Phi) is 8.14. The van der Waals surface area contributed by atoms with E-state index in [2.05, 4.69) is 37.4 Å². The number of hydrogen-bond acceptors (Lipinski definition) is 0. The molecular weight excluding hydrogens is 146 g/mol. The van der Waals surface area contributed by atoms with Crippen LogP contribution in [0.5, 0.6) is 0 Å². The maximum absolute atomic E-state index is 2.32. The Balaban J connectivity index is 3.36. The van der Waals surface area contributed by atoms with Gasteiger partial charge in [-0.2, -0.15) is 0 Å². The van der Waals surface area contributed by atoms with E-state index < -0.39 is 0 Å². The number of nitrogens with two attached hydrogens (primary N) is 1. The molecule has 0 aliphatic carbocycles. The highest BCUT2D eigenvalue weighted by Gasteiger charge is 1.91. The molecule has 2 N–H and O–H groups in total. The molecule has 0 aromatic carbocycles. The molecule has 0 spiro atoms. The van der Waals surface area contributed by atoms with Crippen LogP contribution >= 0.6 is 0 Å². The molecule has 12 heavy (non-hydrogen) atoms. The predicted molar refractivity (Wildman–Crippen MR) is 54.9 cm³/mol. The lowest BCUT2D eigenvalue weighted by Crippen LogP contribution is -2.81. The number of unbranched alkanes of at least 4 members (excludes halogenated alkanes) is 2. The van der Waals surface area contributed by atoms with Crippen LogP contribution in [0.4, 0.5) is 0 Å². The van der Waals surface area contributed by atoms with E-state index in [0.29, 0.717) is 0 Å². The van der Waals surface area contributed by atoms with Crippen LogP contribution in [0.1, 0.15) is 40.0 Å². The van der Waals surface area contributed by atoms with Crippen molar-refractivity contribution in [2.45, 2.75) is 40.0 Å². The molecule has 0 bridgehead atoms. The lowest BCUT2D eigenvalue weighted by molar-refractivity contribution is -0.606. The molecule has 0 unspecified atom stereocenters. The molecule has 0 aliphatic rings. The van der Waals surface area contributed by atoms with Gasteiger partial charge in [0.2, 0.25) is 0 Å². The van der Waals surface area contributed by atoms with Crippen LogP contribution in [0.15, 0.2) is 23.9 Å². The molecule has 1 heteroatoms. The van der Waals surface area contributed by atoms with Gasteiger partial charge in [-0.3, -0.25) is 0 Å². The van der Waals surface area contributed by atoms with Gasteiger partial charge in [-0.15, -0.1) is 0 Å². The van der Waals surface area contributed by atoms with E-state index in [1.165, 1.54) is 31.5 Å². The van der Waals surface area contributed by atoms with Gasteiger partial charge < -0.3 is 5.32 Å². The Hall–Kier alpha value is -0.560. The summed E-state index contributed by atoms with van der Waals surface area (Å²) in [4.78, 5) is 0. The lowest BCUT2D eigenvalue weighted by atomic mass is 10.2. The molecule has 70 valence electrons. The Morgan fingerprint density at radius 2 is 2.08 bits per heavy atom. The Morgan fingerprint density at radius 3 is 2.67 bits per heavy atom. The standard InChI is InChI=1S/C11H21N/c1-4-6-8-10-12-11(3)9-7-5-2/h5,7,9,12H,4,6,8,10H2,1-3H3/p+1/b7-5-,11-9-. The van der Waals surface area contributed by atoms with Crippen molar-refractivity contribution in [1.82, 2.24) is 0 Å². The summed E-state index contributed by atoms with van der Waals surface area (Å²) in [7, 11) is 0. The largest absolute Gasteiger partial charge is 0.318 e. The van der Waals surface area contributed by atoms with Crippen molar-refractivity contribution in [3.8, 4) is 0 Å². The molecule has 0 saturated heterocycles. The fourth-order valence-corrected chi connectivity index (χ4v) is 1.04. The molecule has 0 rings (SSSR count). The zero-order chi connectivity index (χ0) is 9.23. The summed E-state index contributed by atoms with van der Waals surface area (Å²) in [6.07, 6.45) is 10.3. The van der Waals surface area contributed by atoms with Crippen LogP contribution in [0.25, 0.3) is 0 Å². The van der Waals surface area contributed by atoms with Gasteiger partial charge in [0.15, 0.2) is 0 Å². The third kappa shape index (κ3) is 7.55. The van der Waals surface area contributed by atoms with Gasteiger partial charge >= 0.3 is 0 Å². The lowest BCUT2D eigenvalue weighted by Gasteiger charge is -1.98. The average Bonchev–Trinajstić information content (AvgIpc) is 2.09. The van der Waals surface area contributed by atoms with E-state index in [4.69, 9.17) is 0 Å². The topological polar surface area (TPSA) is 16.6 Å². The average molecular weight is 168 g/mol. The SMILES string of the molecule is C/C=C\C=C(\C)[NH2+]CCCCC. The summed E-state index contributed by atoms with van der Waals surface area (Å²) in [6.45, 7) is 7.67. The normalized spacial score (nSPS) is 12.8. The van der Waals surface area contributed by atoms with Crippen LogP contribution < -0.4 is 5.32 Å². The number of hydrogen-bond donors (Lipinski definition) is 1. The van der Waals surface area contributed by atoms with E-state index in [1.54, 1.807) is 0 Å². The van der Waals surface area contributed by atoms with Crippen molar-refractivity contribution >= 4 is 0 Å². The molecule has 0 aliphatic heterocycles. The van der Waals surface area contributed by atoms with E-state index in [1.807, 2.05) is 6.92 Å². The monoisotopic (exact) mass is 168 g/mol. The second kappa shape index (κ2) is 8.54. The van der Waals surface area contributed by atoms with Gasteiger partial charge in [0.1, 0.15) is 5.70 Å². The highest BCUT2D eigenvalue weighted by Crippen LogP contribution is 1.89. The smallest absolute Gasteiger partial charge is 0.102 e. The number of rotatable bonds is 6. The van der Waals surface area contributed by atoms with Crippen molar-refractivity contribution in [2.75, 3.05) is 6.54 Å². The summed E-state index contributed by atoms with van der Waals surface area (Å²) in [5, 5.41) is 2.32. The molecule has 1 nitrogen and oxygen atoms in total. The van der Waals surface area contributed by atoms with Gasteiger partial charge in [-0.1, -0.05) is 25.5 Å². The second-order valence-electron chi connectivity index (χ2n) is 3.14. The zero-order valence-electron chi connectivity index (χ0n) is 8.64. The van der Waals surface area contributed by atoms with Gasteiger partial charge in [-0.05, 0) is 25.8 Å². The van der Waals surface area contributed by atoms with Gasteiger partial charge in [0, 0.05) is 6.92 Å². The van der Waals surface area contributed by atoms with Gasteiger partial charge in [0.25, 0.3) is 0 Å². The van der Waals surface area contributed by atoms with E-state index in [0.717, 1.165) is 0 Å². The summed E-state index contributed by atoms with van der Waals surface area (Å²) < 4.78 is 0. The van der Waals surface area contributed by atoms with Crippen LogP contribution in [0, 0.1) is 0 Å². The van der Waals surface area contributed by atoms with Crippen LogP contribution in [-0.4, -0.2) is 6.54 Å². The summed E-state index contributed by atoms with van der Waals surface area (Å²) in [6, 6.07) is 0. The highest BCUT2D eigenvalue weighted by molar-refractivity contribution is 5.02. The van der Waals surface area contributed by atoms with Crippen LogP contribution in [0.2, 0.25) is 0 Å². The first-order valence-electron chi connectivity index (χ1n) is 4.94. The molecule has 0 amide bonds. The molecule has 0 atom stereocenters. The fraction of sp³-hybridized carbons (Fsp3) is 0.636. The van der Waals surface area contributed by atoms with E-state index >= 15 is 0 Å². The Bertz CT molecular complexity index is 145. The Morgan fingerprint density at radius 1 is 1.33 bits per heavy atom. The highest BCUT2D eigenvalue weighted by atomic mass is 14.9. The Labute approximate surface area is 76.6 Å². The predicted octanol–water partition coefficient (Wildman–Crippen LogP) is 2.22. The zero-order valence-corrected chi connectivity index (χ0v) is 8.64. The minimum Gasteiger partial charge on any atom is -0.318 e. The van der Waals surface area contributed by atoms with Crippen LogP contribution in [-0.2, 0) is 0 Å². The van der Waals surface area contributed by atoms with Crippen molar-refractivity contribution < 1.29 is 5.32 Å². The van der Waals surface area contributed by atoms with Gasteiger partial charge in [-0.25, -0.2) is 0 Å². The third-order valence-corrected chi connectivity index (χ3v) is 1.83. The fourth-order valence-electron chi connectivity index (χ4n) is 1.04. The van der Waals surface area contributed by atoms with Crippen LogP contribution in [0.3, 0.4) is 0 Å². The van der Waals surface area contributed by atoms with Crippen molar-refractivity contribution in [2.24, 2.45) is 0 Å². The summed E-state index contributed by atoms with van der Waals surface area (Å²) in [5.41, 5.74) is 1.38. The molecule has 0 aromatic rings. The molecule has 0 saturated carbocycles. The molecule has 0 heterocycles. The minimum atomic E-state index is 1.23. The van der Waals surface area contributed by atoms with Crippen molar-refractivity contribution in [3.05, 3.63) is 23.9 Å². The first-order valence-corrected chi connectivity index (χ1v) is 4.94. The van der Waals surface area contributed by atoms with Crippen molar-refractivity contribution in [3.63, 3.8) is 0 Å². The quantitative estimate of drug-likeness (QED) is 0.462. The number of quaternary nitrogens is 1. The third-order valence-electron chi connectivity index (χ3n) is 1.83. The first-order chi connectivity index (χ1) is 5.81. The molecular formula is C11H22N+. The van der Waals surface area contributed by atoms with Gasteiger partial charge in [0.05, 0.1) is 6.54 Å². The summed E-state index contributed by atoms with van der Waals surface area (Å²) in [5.74, 6) is 0. The van der Waals surface area contributed by atoms with E-state index in [9.17, 15) is 0 Å². The maximum Gasteiger partial charge on any atom is 0.102 e. The summed E-state index contributed by atoms with van der Waals surface area (Å²) >= 11 is 0. The number of allylic oxidation sites excluding steroid dienone is 4. The molecule has 0 fully saturated rings. The molecule has 0 aromatic heterocycles. The second-order valence-corrected chi connectivity index (χ2v) is 3.14. The molecule has 0 radical (unpaired) electrons. The minimum absolute atomic E-state index is 1.23. The van der Waals surface area contributed by atoms with E-state index in [-0.39, 0.29) is 0 Å². The maximum atomic E-state index is 2.32.